The molecule has 0 atom stereocenters. The Hall–Kier alpha value is -1.86. The van der Waals surface area contributed by atoms with Gasteiger partial charge in [0.2, 0.25) is 0 Å². The SMILES string of the molecule is Brc1ccc(-c2ccc(-c3ccc(C45CC6C[C@H](C4)C[C@@H](C6)C5)cc3)cc2)cc1. The molecule has 0 radical (unpaired) electrons. The minimum atomic E-state index is 0.499. The van der Waals surface area contributed by atoms with E-state index in [2.05, 4.69) is 88.7 Å². The number of halogens is 1. The Balaban J connectivity index is 1.25. The first-order valence-electron chi connectivity index (χ1n) is 11.1. The fourth-order valence-electron chi connectivity index (χ4n) is 6.98. The van der Waals surface area contributed by atoms with Crippen molar-refractivity contribution in [2.45, 2.75) is 43.9 Å². The zero-order chi connectivity index (χ0) is 19.4. The Bertz CT molecular complexity index is 976. The van der Waals surface area contributed by atoms with Gasteiger partial charge in [-0.2, -0.15) is 0 Å². The molecular weight excluding hydrogens is 416 g/mol. The van der Waals surface area contributed by atoms with Crippen LogP contribution in [0.5, 0.6) is 0 Å². The molecule has 3 aromatic rings. The highest BCUT2D eigenvalue weighted by atomic mass is 79.9. The lowest BCUT2D eigenvalue weighted by Gasteiger charge is -2.57. The second-order valence-corrected chi connectivity index (χ2v) is 10.8. The summed E-state index contributed by atoms with van der Waals surface area (Å²) >= 11 is 3.52. The first kappa shape index (κ1) is 18.0. The van der Waals surface area contributed by atoms with Gasteiger partial charge < -0.3 is 0 Å². The largest absolute Gasteiger partial charge is 0.0579 e. The number of hydrogen-bond acceptors (Lipinski definition) is 0. The Kier molecular flexibility index (Phi) is 4.24. The molecular formula is C28H27Br. The molecule has 0 amide bonds. The molecule has 1 heteroatoms. The van der Waals surface area contributed by atoms with Crippen LogP contribution in [-0.2, 0) is 5.41 Å². The molecule has 4 aliphatic carbocycles. The minimum absolute atomic E-state index is 0.499. The fraction of sp³-hybridized carbons (Fsp3) is 0.357. The van der Waals surface area contributed by atoms with Gasteiger partial charge in [-0.3, -0.25) is 0 Å². The van der Waals surface area contributed by atoms with Gasteiger partial charge in [-0.1, -0.05) is 76.6 Å². The van der Waals surface area contributed by atoms with Crippen molar-refractivity contribution in [2.24, 2.45) is 17.8 Å². The smallest absolute Gasteiger partial charge is 0.0175 e. The van der Waals surface area contributed by atoms with Crippen molar-refractivity contribution in [3.63, 3.8) is 0 Å². The normalized spacial score (nSPS) is 29.9. The molecule has 0 unspecified atom stereocenters. The summed E-state index contributed by atoms with van der Waals surface area (Å²) in [5.41, 5.74) is 7.29. The van der Waals surface area contributed by atoms with Crippen molar-refractivity contribution in [3.8, 4) is 22.3 Å². The summed E-state index contributed by atoms with van der Waals surface area (Å²) in [6, 6.07) is 27.2. The summed E-state index contributed by atoms with van der Waals surface area (Å²) in [4.78, 5) is 0. The molecule has 0 aromatic heterocycles. The van der Waals surface area contributed by atoms with Crippen LogP contribution < -0.4 is 0 Å². The molecule has 29 heavy (non-hydrogen) atoms. The van der Waals surface area contributed by atoms with Crippen molar-refractivity contribution in [3.05, 3.63) is 82.8 Å². The Morgan fingerprint density at radius 1 is 0.517 bits per heavy atom. The van der Waals surface area contributed by atoms with Crippen molar-refractivity contribution >= 4 is 15.9 Å². The first-order chi connectivity index (χ1) is 14.2. The number of rotatable bonds is 3. The maximum atomic E-state index is 3.52. The molecule has 3 aromatic carbocycles. The highest BCUT2D eigenvalue weighted by molar-refractivity contribution is 9.10. The van der Waals surface area contributed by atoms with Gasteiger partial charge in [0.05, 0.1) is 0 Å². The van der Waals surface area contributed by atoms with Gasteiger partial charge in [0.15, 0.2) is 0 Å². The summed E-state index contributed by atoms with van der Waals surface area (Å²) in [6.07, 6.45) is 8.88. The molecule has 0 nitrogen and oxygen atoms in total. The summed E-state index contributed by atoms with van der Waals surface area (Å²) in [5.74, 6) is 3.02. The van der Waals surface area contributed by atoms with Gasteiger partial charge >= 0.3 is 0 Å². The second-order valence-electron chi connectivity index (χ2n) is 9.86. The van der Waals surface area contributed by atoms with Crippen molar-refractivity contribution < 1.29 is 0 Å². The van der Waals surface area contributed by atoms with E-state index in [4.69, 9.17) is 0 Å². The maximum absolute atomic E-state index is 3.52. The van der Waals surface area contributed by atoms with E-state index in [1.807, 2.05) is 0 Å². The molecule has 4 fully saturated rings. The third kappa shape index (κ3) is 3.19. The van der Waals surface area contributed by atoms with E-state index in [-0.39, 0.29) is 0 Å². The molecule has 7 rings (SSSR count). The topological polar surface area (TPSA) is 0 Å². The van der Waals surface area contributed by atoms with Gasteiger partial charge in [-0.05, 0) is 102 Å². The molecule has 146 valence electrons. The Labute approximate surface area is 182 Å². The highest BCUT2D eigenvalue weighted by Gasteiger charge is 2.51. The molecule has 4 bridgehead atoms. The van der Waals surface area contributed by atoms with E-state index in [0.29, 0.717) is 5.41 Å². The summed E-state index contributed by atoms with van der Waals surface area (Å²) in [5, 5.41) is 0. The van der Waals surface area contributed by atoms with Crippen molar-refractivity contribution in [2.75, 3.05) is 0 Å². The third-order valence-corrected chi connectivity index (χ3v) is 8.46. The van der Waals surface area contributed by atoms with Crippen LogP contribution in [0.2, 0.25) is 0 Å². The predicted molar refractivity (Wildman–Crippen MR) is 125 cm³/mol. The van der Waals surface area contributed by atoms with E-state index in [1.165, 1.54) is 60.8 Å². The fourth-order valence-corrected chi connectivity index (χ4v) is 7.24. The average molecular weight is 443 g/mol. The summed E-state index contributed by atoms with van der Waals surface area (Å²) in [7, 11) is 0. The van der Waals surface area contributed by atoms with Crippen LogP contribution in [0, 0.1) is 17.8 Å². The standard InChI is InChI=1S/C28H27Br/c29-27-11-7-25(8-12-27)23-3-1-22(2-4-23)24-5-9-26(10-6-24)28-16-19-13-20(17-28)15-21(14-19)18-28/h1-12,19-21H,13-18H2/t19-,20+,21?,28?. The molecule has 0 aliphatic heterocycles. The van der Waals surface area contributed by atoms with Gasteiger partial charge in [-0.15, -0.1) is 0 Å². The zero-order valence-electron chi connectivity index (χ0n) is 16.8. The monoisotopic (exact) mass is 442 g/mol. The lowest BCUT2D eigenvalue weighted by Crippen LogP contribution is -2.48. The van der Waals surface area contributed by atoms with Gasteiger partial charge in [-0.25, -0.2) is 0 Å². The summed E-state index contributed by atoms with van der Waals surface area (Å²) < 4.78 is 1.12. The third-order valence-electron chi connectivity index (χ3n) is 7.93. The average Bonchev–Trinajstić information content (AvgIpc) is 2.74. The Morgan fingerprint density at radius 2 is 0.862 bits per heavy atom. The van der Waals surface area contributed by atoms with Crippen LogP contribution in [-0.4, -0.2) is 0 Å². The molecule has 0 heterocycles. The summed E-state index contributed by atoms with van der Waals surface area (Å²) in [6.45, 7) is 0. The maximum Gasteiger partial charge on any atom is 0.0175 e. The molecule has 4 aliphatic rings. The Morgan fingerprint density at radius 3 is 1.28 bits per heavy atom. The van der Waals surface area contributed by atoms with E-state index < -0.39 is 0 Å². The number of hydrogen-bond donors (Lipinski definition) is 0. The number of benzene rings is 3. The predicted octanol–water partition coefficient (Wildman–Crippen LogP) is 8.25. The highest BCUT2D eigenvalue weighted by Crippen LogP contribution is 2.60. The van der Waals surface area contributed by atoms with Crippen LogP contribution in [0.4, 0.5) is 0 Å². The van der Waals surface area contributed by atoms with Crippen LogP contribution in [0.1, 0.15) is 44.1 Å². The van der Waals surface area contributed by atoms with Gasteiger partial charge in [0.1, 0.15) is 0 Å². The minimum Gasteiger partial charge on any atom is -0.0579 e. The van der Waals surface area contributed by atoms with Crippen LogP contribution in [0.15, 0.2) is 77.3 Å². The molecule has 4 saturated carbocycles. The molecule has 0 spiro atoms. The van der Waals surface area contributed by atoms with Crippen LogP contribution in [0.3, 0.4) is 0 Å². The zero-order valence-corrected chi connectivity index (χ0v) is 18.4. The molecule has 0 saturated heterocycles. The second kappa shape index (κ2) is 6.84. The van der Waals surface area contributed by atoms with Gasteiger partial charge in [0, 0.05) is 4.47 Å². The molecule has 0 N–H and O–H groups in total. The van der Waals surface area contributed by atoms with E-state index >= 15 is 0 Å². The lowest BCUT2D eigenvalue weighted by atomic mass is 9.48. The quantitative estimate of drug-likeness (QED) is 0.382. The van der Waals surface area contributed by atoms with Crippen molar-refractivity contribution in [1.82, 2.24) is 0 Å². The van der Waals surface area contributed by atoms with E-state index in [1.54, 1.807) is 5.56 Å². The van der Waals surface area contributed by atoms with E-state index in [9.17, 15) is 0 Å². The van der Waals surface area contributed by atoms with E-state index in [0.717, 1.165) is 22.2 Å². The van der Waals surface area contributed by atoms with Crippen LogP contribution in [0.25, 0.3) is 22.3 Å². The lowest BCUT2D eigenvalue weighted by molar-refractivity contribution is -0.00518. The van der Waals surface area contributed by atoms with Crippen molar-refractivity contribution in [1.29, 1.82) is 0 Å². The van der Waals surface area contributed by atoms with Gasteiger partial charge in [0.25, 0.3) is 0 Å². The first-order valence-corrected chi connectivity index (χ1v) is 11.9. The van der Waals surface area contributed by atoms with Crippen LogP contribution >= 0.6 is 15.9 Å².